The van der Waals surface area contributed by atoms with Crippen LogP contribution in [-0.2, 0) is 17.1 Å². The number of rotatable bonds is 2. The van der Waals surface area contributed by atoms with E-state index in [0.29, 0.717) is 0 Å². The van der Waals surface area contributed by atoms with Crippen LogP contribution >= 0.6 is 49.6 Å². The smallest absolute Gasteiger partial charge is 0.453 e. The molecule has 0 spiro atoms. The summed E-state index contributed by atoms with van der Waals surface area (Å²) in [6.45, 7) is 0. The van der Waals surface area contributed by atoms with Crippen LogP contribution in [0.2, 0.25) is 0 Å². The van der Waals surface area contributed by atoms with Gasteiger partial charge in [0.1, 0.15) is 0 Å². The van der Waals surface area contributed by atoms with Crippen molar-refractivity contribution in [1.82, 2.24) is 0 Å². The molecule has 17 heavy (non-hydrogen) atoms. The molecule has 0 aliphatic heterocycles. The first-order chi connectivity index (χ1) is 7.86. The third-order valence-electron chi connectivity index (χ3n) is 1.64. The average Bonchev–Trinajstić information content (AvgIpc) is 2.92. The summed E-state index contributed by atoms with van der Waals surface area (Å²) in [6.07, 6.45) is 16.8. The Hall–Kier alpha value is 1.54. The molecule has 2 atom stereocenters. The third kappa shape index (κ3) is 9.13. The molecular formula is C10H12FeP6. The molecule has 0 aromatic carbocycles. The predicted octanol–water partition coefficient (Wildman–Crippen LogP) is 5.76. The van der Waals surface area contributed by atoms with Gasteiger partial charge in [-0.15, -0.1) is 0 Å². The van der Waals surface area contributed by atoms with Crippen LogP contribution in [0.15, 0.2) is 48.6 Å². The van der Waals surface area contributed by atoms with Crippen LogP contribution in [0.25, 0.3) is 0 Å². The molecule has 2 unspecified atom stereocenters. The second kappa shape index (κ2) is 12.6. The first-order valence-electron chi connectivity index (χ1n) is 4.52. The zero-order valence-electron chi connectivity index (χ0n) is 8.92. The fourth-order valence-corrected chi connectivity index (χ4v) is 5.87. The Bertz CT molecular complexity index is 326. The molecule has 2 aliphatic rings. The van der Waals surface area contributed by atoms with Crippen molar-refractivity contribution >= 4 is 60.1 Å². The molecule has 0 amide bonds. The summed E-state index contributed by atoms with van der Waals surface area (Å²) in [4.78, 5) is 0. The third-order valence-corrected chi connectivity index (χ3v) is 7.08. The minimum atomic E-state index is 0. The summed E-state index contributed by atoms with van der Waals surface area (Å²) in [6, 6.07) is 0. The van der Waals surface area contributed by atoms with Crippen molar-refractivity contribution in [3.8, 4) is 0 Å². The summed E-state index contributed by atoms with van der Waals surface area (Å²) in [5.74, 6) is 0. The average molecular weight is 374 g/mol. The Morgan fingerprint density at radius 2 is 1.00 bits per heavy atom. The standard InChI is InChI=1S/2C5H6P3.Fe/c2*6-8-7-5-3-1-2-4-5;/h2*1-4H,6H2;/q2*-1;+2. The van der Waals surface area contributed by atoms with E-state index in [4.69, 9.17) is 0 Å². The van der Waals surface area contributed by atoms with Crippen LogP contribution in [0.1, 0.15) is 0 Å². The fourth-order valence-electron chi connectivity index (χ4n) is 0.994. The van der Waals surface area contributed by atoms with Crippen LogP contribution in [-0.4, -0.2) is 10.6 Å². The van der Waals surface area contributed by atoms with Gasteiger partial charge in [0, 0.05) is 0 Å². The zero-order chi connectivity index (χ0) is 11.6. The second-order valence-electron chi connectivity index (χ2n) is 2.72. The minimum Gasteiger partial charge on any atom is -0.453 e. The SMILES string of the molecule is P[P-]P=C1C=CC=C1.P[P-]P=C1C=CC=C1.[Fe+2]. The summed E-state index contributed by atoms with van der Waals surface area (Å²) >= 11 is 0. The van der Waals surface area contributed by atoms with Crippen LogP contribution in [0.3, 0.4) is 0 Å². The van der Waals surface area contributed by atoms with E-state index in [1.165, 1.54) is 42.3 Å². The Kier molecular flexibility index (Phi) is 13.7. The number of hydrogen-bond acceptors (Lipinski definition) is 0. The number of hydrogen-bond donors (Lipinski definition) is 0. The van der Waals surface area contributed by atoms with E-state index in [1.807, 2.05) is 0 Å². The zero-order valence-corrected chi connectivity index (χ0v) is 15.9. The molecule has 2 rings (SSSR count). The van der Waals surface area contributed by atoms with Crippen molar-refractivity contribution in [2.45, 2.75) is 0 Å². The van der Waals surface area contributed by atoms with Crippen molar-refractivity contribution in [2.75, 3.05) is 0 Å². The van der Waals surface area contributed by atoms with Crippen molar-refractivity contribution in [3.63, 3.8) is 0 Å². The van der Waals surface area contributed by atoms with Crippen LogP contribution in [0.4, 0.5) is 0 Å². The van der Waals surface area contributed by atoms with Crippen molar-refractivity contribution in [2.24, 2.45) is 0 Å². The summed E-state index contributed by atoms with van der Waals surface area (Å²) < 4.78 is 0. The first-order valence-corrected chi connectivity index (χ1v) is 12.7. The summed E-state index contributed by atoms with van der Waals surface area (Å²) in [5, 5.41) is 2.81. The maximum Gasteiger partial charge on any atom is 2.00 e. The van der Waals surface area contributed by atoms with Gasteiger partial charge in [0.15, 0.2) is 0 Å². The van der Waals surface area contributed by atoms with Crippen LogP contribution < -0.4 is 0 Å². The van der Waals surface area contributed by atoms with Gasteiger partial charge in [-0.05, 0) is 10.6 Å². The maximum absolute atomic E-state index is 2.68. The first kappa shape index (κ1) is 18.5. The molecule has 2 aliphatic carbocycles. The molecule has 0 nitrogen and oxygen atoms in total. The monoisotopic (exact) mass is 374 g/mol. The second-order valence-corrected chi connectivity index (χ2v) is 11.4. The number of allylic oxidation sites excluding steroid dienone is 8. The van der Waals surface area contributed by atoms with E-state index in [2.05, 4.69) is 66.5 Å². The van der Waals surface area contributed by atoms with E-state index < -0.39 is 0 Å². The van der Waals surface area contributed by atoms with Gasteiger partial charge in [-0.25, -0.2) is 0 Å². The molecule has 0 N–H and O–H groups in total. The van der Waals surface area contributed by atoms with Gasteiger partial charge in [-0.3, -0.25) is 33.6 Å². The molecule has 0 bridgehead atoms. The quantitative estimate of drug-likeness (QED) is 0.426. The van der Waals surface area contributed by atoms with Gasteiger partial charge in [0.05, 0.1) is 0 Å². The van der Waals surface area contributed by atoms with Crippen LogP contribution in [0.5, 0.6) is 0 Å². The summed E-state index contributed by atoms with van der Waals surface area (Å²) in [7, 11) is 10.8. The molecule has 7 heteroatoms. The van der Waals surface area contributed by atoms with Gasteiger partial charge >= 0.3 is 17.1 Å². The van der Waals surface area contributed by atoms with Gasteiger partial charge in [-0.1, -0.05) is 48.6 Å². The molecule has 0 aromatic rings. The largest absolute Gasteiger partial charge is 2.00 e. The van der Waals surface area contributed by atoms with E-state index in [1.54, 1.807) is 0 Å². The van der Waals surface area contributed by atoms with Gasteiger partial charge in [0.2, 0.25) is 0 Å². The van der Waals surface area contributed by atoms with Gasteiger partial charge in [-0.2, -0.15) is 0 Å². The van der Waals surface area contributed by atoms with E-state index in [9.17, 15) is 0 Å². The Morgan fingerprint density at radius 3 is 1.24 bits per heavy atom. The minimum absolute atomic E-state index is 0. The normalized spacial score (nSPS) is 16.8. The molecule has 0 aromatic heterocycles. The van der Waals surface area contributed by atoms with Crippen molar-refractivity contribution in [1.29, 1.82) is 0 Å². The Balaban J connectivity index is 0.000000284. The van der Waals surface area contributed by atoms with Crippen molar-refractivity contribution < 1.29 is 17.1 Å². The molecule has 90 valence electrons. The van der Waals surface area contributed by atoms with Crippen molar-refractivity contribution in [3.05, 3.63) is 48.6 Å². The van der Waals surface area contributed by atoms with E-state index in [0.717, 1.165) is 0 Å². The fraction of sp³-hybridized carbons (Fsp3) is 0. The molecular weight excluding hydrogens is 362 g/mol. The Labute approximate surface area is 125 Å². The molecule has 0 saturated carbocycles. The Morgan fingerprint density at radius 1 is 0.706 bits per heavy atom. The van der Waals surface area contributed by atoms with Gasteiger partial charge in [0.25, 0.3) is 0 Å². The molecule has 0 heterocycles. The summed E-state index contributed by atoms with van der Waals surface area (Å²) in [5.41, 5.74) is 0. The van der Waals surface area contributed by atoms with Gasteiger partial charge < -0.3 is 15.9 Å². The van der Waals surface area contributed by atoms with Crippen LogP contribution in [0, 0.1) is 0 Å². The molecule has 0 saturated heterocycles. The van der Waals surface area contributed by atoms with E-state index in [-0.39, 0.29) is 17.1 Å². The molecule has 0 radical (unpaired) electrons. The molecule has 0 fully saturated rings. The van der Waals surface area contributed by atoms with E-state index >= 15 is 0 Å². The maximum atomic E-state index is 2.68. The predicted molar refractivity (Wildman–Crippen MR) is 93.7 cm³/mol. The topological polar surface area (TPSA) is 0 Å².